The summed E-state index contributed by atoms with van der Waals surface area (Å²) in [6.45, 7) is 2.98. The fraction of sp³-hybridized carbons (Fsp3) is 0.625. The molecule has 0 spiro atoms. The standard InChI is InChI=1S/C8H11NO/c1-6-5-8(10)9-4-2-3-7(6)9/h2-3,6-7H,4-5H2,1H3/t6-,7+/m1/s1. The van der Waals surface area contributed by atoms with E-state index in [1.807, 2.05) is 4.90 Å². The molecule has 1 fully saturated rings. The van der Waals surface area contributed by atoms with Crippen molar-refractivity contribution < 1.29 is 4.79 Å². The monoisotopic (exact) mass is 137 g/mol. The van der Waals surface area contributed by atoms with Crippen molar-refractivity contribution in [1.82, 2.24) is 4.90 Å². The van der Waals surface area contributed by atoms with E-state index >= 15 is 0 Å². The smallest absolute Gasteiger partial charge is 0.223 e. The van der Waals surface area contributed by atoms with Crippen LogP contribution in [-0.4, -0.2) is 23.4 Å². The Bertz CT molecular complexity index is 197. The van der Waals surface area contributed by atoms with Crippen LogP contribution in [0.3, 0.4) is 0 Å². The molecule has 2 aliphatic rings. The Hall–Kier alpha value is -0.790. The number of hydrogen-bond acceptors (Lipinski definition) is 1. The van der Waals surface area contributed by atoms with E-state index in [4.69, 9.17) is 0 Å². The second-order valence-corrected chi connectivity index (χ2v) is 3.15. The normalized spacial score (nSPS) is 37.3. The molecule has 2 heteroatoms. The maximum Gasteiger partial charge on any atom is 0.223 e. The van der Waals surface area contributed by atoms with Crippen LogP contribution in [0.4, 0.5) is 0 Å². The molecule has 0 unspecified atom stereocenters. The Morgan fingerprint density at radius 3 is 3.20 bits per heavy atom. The van der Waals surface area contributed by atoms with Gasteiger partial charge in [-0.2, -0.15) is 0 Å². The van der Waals surface area contributed by atoms with E-state index in [9.17, 15) is 4.79 Å². The van der Waals surface area contributed by atoms with Crippen LogP contribution in [-0.2, 0) is 4.79 Å². The van der Waals surface area contributed by atoms with Crippen molar-refractivity contribution in [2.75, 3.05) is 6.54 Å². The molecule has 1 amide bonds. The first kappa shape index (κ1) is 5.96. The highest BCUT2D eigenvalue weighted by Gasteiger charge is 2.36. The molecule has 10 heavy (non-hydrogen) atoms. The Morgan fingerprint density at radius 1 is 1.70 bits per heavy atom. The van der Waals surface area contributed by atoms with Gasteiger partial charge in [0.05, 0.1) is 6.04 Å². The Labute approximate surface area is 60.5 Å². The predicted molar refractivity (Wildman–Crippen MR) is 38.4 cm³/mol. The van der Waals surface area contributed by atoms with E-state index in [0.717, 1.165) is 13.0 Å². The Balaban J connectivity index is 2.25. The number of carbonyl (C=O) groups excluding carboxylic acids is 1. The van der Waals surface area contributed by atoms with Crippen molar-refractivity contribution in [2.45, 2.75) is 19.4 Å². The van der Waals surface area contributed by atoms with Gasteiger partial charge >= 0.3 is 0 Å². The number of amides is 1. The Kier molecular flexibility index (Phi) is 1.10. The summed E-state index contributed by atoms with van der Waals surface area (Å²) < 4.78 is 0. The van der Waals surface area contributed by atoms with E-state index < -0.39 is 0 Å². The van der Waals surface area contributed by atoms with E-state index in [2.05, 4.69) is 19.1 Å². The lowest BCUT2D eigenvalue weighted by molar-refractivity contribution is -0.127. The molecule has 1 saturated heterocycles. The zero-order valence-electron chi connectivity index (χ0n) is 6.08. The third-order valence-corrected chi connectivity index (χ3v) is 2.40. The second-order valence-electron chi connectivity index (χ2n) is 3.15. The summed E-state index contributed by atoms with van der Waals surface area (Å²) in [5.41, 5.74) is 0. The highest BCUT2D eigenvalue weighted by Crippen LogP contribution is 2.28. The lowest BCUT2D eigenvalue weighted by atomic mass is 10.0. The largest absolute Gasteiger partial charge is 0.332 e. The first-order valence-electron chi connectivity index (χ1n) is 3.75. The molecular formula is C8H11NO. The molecule has 2 heterocycles. The van der Waals surface area contributed by atoms with Crippen LogP contribution in [0.5, 0.6) is 0 Å². The van der Waals surface area contributed by atoms with Crippen LogP contribution >= 0.6 is 0 Å². The molecule has 0 radical (unpaired) electrons. The molecule has 2 aliphatic heterocycles. The molecule has 0 aromatic rings. The zero-order chi connectivity index (χ0) is 7.14. The van der Waals surface area contributed by atoms with Gasteiger partial charge in [0.15, 0.2) is 0 Å². The summed E-state index contributed by atoms with van der Waals surface area (Å²) in [5.74, 6) is 0.855. The van der Waals surface area contributed by atoms with E-state index in [1.165, 1.54) is 0 Å². The molecule has 2 rings (SSSR count). The average molecular weight is 137 g/mol. The minimum absolute atomic E-state index is 0.322. The van der Waals surface area contributed by atoms with E-state index in [1.54, 1.807) is 0 Å². The number of rotatable bonds is 0. The van der Waals surface area contributed by atoms with Crippen molar-refractivity contribution in [1.29, 1.82) is 0 Å². The van der Waals surface area contributed by atoms with Crippen LogP contribution < -0.4 is 0 Å². The maximum atomic E-state index is 11.2. The summed E-state index contributed by atoms with van der Waals surface area (Å²) >= 11 is 0. The highest BCUT2D eigenvalue weighted by atomic mass is 16.2. The molecule has 2 atom stereocenters. The van der Waals surface area contributed by atoms with Gasteiger partial charge in [-0.1, -0.05) is 19.1 Å². The van der Waals surface area contributed by atoms with Gasteiger partial charge in [-0.25, -0.2) is 0 Å². The van der Waals surface area contributed by atoms with Crippen LogP contribution in [0.1, 0.15) is 13.3 Å². The number of nitrogens with zero attached hydrogens (tertiary/aromatic N) is 1. The molecule has 0 N–H and O–H groups in total. The fourth-order valence-electron chi connectivity index (χ4n) is 1.82. The highest BCUT2D eigenvalue weighted by molar-refractivity contribution is 5.80. The van der Waals surface area contributed by atoms with Crippen LogP contribution in [0.25, 0.3) is 0 Å². The molecular weight excluding hydrogens is 126 g/mol. The quantitative estimate of drug-likeness (QED) is 0.452. The minimum Gasteiger partial charge on any atom is -0.332 e. The van der Waals surface area contributed by atoms with Crippen LogP contribution in [0.15, 0.2) is 12.2 Å². The molecule has 0 bridgehead atoms. The lowest BCUT2D eigenvalue weighted by Gasteiger charge is -2.16. The van der Waals surface area contributed by atoms with Crippen LogP contribution in [0, 0.1) is 5.92 Å². The maximum absolute atomic E-state index is 11.2. The van der Waals surface area contributed by atoms with Crippen molar-refractivity contribution in [3.63, 3.8) is 0 Å². The molecule has 2 nitrogen and oxygen atoms in total. The third-order valence-electron chi connectivity index (χ3n) is 2.40. The first-order chi connectivity index (χ1) is 4.79. The lowest BCUT2D eigenvalue weighted by Crippen LogP contribution is -2.28. The van der Waals surface area contributed by atoms with Crippen molar-refractivity contribution in [2.24, 2.45) is 5.92 Å². The van der Waals surface area contributed by atoms with Crippen molar-refractivity contribution in [3.8, 4) is 0 Å². The summed E-state index contributed by atoms with van der Waals surface area (Å²) in [7, 11) is 0. The van der Waals surface area contributed by atoms with Crippen LogP contribution in [0.2, 0.25) is 0 Å². The van der Waals surface area contributed by atoms with E-state index in [-0.39, 0.29) is 0 Å². The zero-order valence-corrected chi connectivity index (χ0v) is 6.08. The van der Waals surface area contributed by atoms with Gasteiger partial charge in [-0.15, -0.1) is 0 Å². The van der Waals surface area contributed by atoms with E-state index in [0.29, 0.717) is 17.9 Å². The van der Waals surface area contributed by atoms with Crippen molar-refractivity contribution in [3.05, 3.63) is 12.2 Å². The van der Waals surface area contributed by atoms with Crippen molar-refractivity contribution >= 4 is 5.91 Å². The summed E-state index contributed by atoms with van der Waals surface area (Å²) in [5, 5.41) is 0. The van der Waals surface area contributed by atoms with Gasteiger partial charge in [-0.3, -0.25) is 4.79 Å². The molecule has 0 aromatic heterocycles. The first-order valence-corrected chi connectivity index (χ1v) is 3.75. The molecule has 54 valence electrons. The molecule has 0 aromatic carbocycles. The summed E-state index contributed by atoms with van der Waals surface area (Å²) in [4.78, 5) is 13.1. The van der Waals surface area contributed by atoms with Gasteiger partial charge in [0.1, 0.15) is 0 Å². The SMILES string of the molecule is C[C@@H]1CC(=O)N2CC=C[C@@H]12. The second kappa shape index (κ2) is 1.84. The topological polar surface area (TPSA) is 20.3 Å². The average Bonchev–Trinajstić information content (AvgIpc) is 2.39. The minimum atomic E-state index is 0.322. The summed E-state index contributed by atoms with van der Waals surface area (Å²) in [6, 6.07) is 0.424. The number of hydrogen-bond donors (Lipinski definition) is 0. The number of fused-ring (bicyclic) bond motifs is 1. The van der Waals surface area contributed by atoms with Gasteiger partial charge in [0.2, 0.25) is 5.91 Å². The third kappa shape index (κ3) is 0.618. The molecule has 0 aliphatic carbocycles. The van der Waals surface area contributed by atoms with Gasteiger partial charge < -0.3 is 4.90 Å². The van der Waals surface area contributed by atoms with Gasteiger partial charge in [0.25, 0.3) is 0 Å². The van der Waals surface area contributed by atoms with Gasteiger partial charge in [-0.05, 0) is 5.92 Å². The predicted octanol–water partition coefficient (Wildman–Crippen LogP) is 0.793. The number of carbonyl (C=O) groups is 1. The fourth-order valence-corrected chi connectivity index (χ4v) is 1.82. The van der Waals surface area contributed by atoms with Gasteiger partial charge in [0, 0.05) is 13.0 Å². The summed E-state index contributed by atoms with van der Waals surface area (Å²) in [6.07, 6.45) is 4.97. The Morgan fingerprint density at radius 2 is 2.50 bits per heavy atom. The molecule has 0 saturated carbocycles.